The summed E-state index contributed by atoms with van der Waals surface area (Å²) in [4.78, 5) is 11.7. The van der Waals surface area contributed by atoms with Crippen LogP contribution in [0.1, 0.15) is 23.2 Å². The Labute approximate surface area is 95.0 Å². The van der Waals surface area contributed by atoms with Crippen molar-refractivity contribution >= 4 is 5.91 Å². The number of hydrogen-bond acceptors (Lipinski definition) is 3. The Morgan fingerprint density at radius 1 is 1.19 bits per heavy atom. The number of rotatable bonds is 3. The van der Waals surface area contributed by atoms with Gasteiger partial charge in [-0.2, -0.15) is 0 Å². The molecule has 0 aliphatic carbocycles. The van der Waals surface area contributed by atoms with Crippen LogP contribution in [-0.2, 0) is 4.74 Å². The number of hydrogen-bond donors (Lipinski definition) is 2. The maximum absolute atomic E-state index is 11.7. The summed E-state index contributed by atoms with van der Waals surface area (Å²) in [6, 6.07) is 9.50. The molecular formula is C12H16N2O2. The minimum atomic E-state index is -0.0907. The summed E-state index contributed by atoms with van der Waals surface area (Å²) in [5, 5.41) is 0. The second kappa shape index (κ2) is 5.63. The van der Waals surface area contributed by atoms with E-state index in [1.54, 1.807) is 12.1 Å². The second-order valence-corrected chi connectivity index (χ2v) is 3.85. The van der Waals surface area contributed by atoms with Crippen molar-refractivity contribution in [2.24, 2.45) is 0 Å². The van der Waals surface area contributed by atoms with E-state index in [1.165, 1.54) is 0 Å². The molecule has 86 valence electrons. The van der Waals surface area contributed by atoms with E-state index in [0.717, 1.165) is 26.1 Å². The highest BCUT2D eigenvalue weighted by atomic mass is 16.5. The highest BCUT2D eigenvalue weighted by Gasteiger charge is 2.14. The fraction of sp³-hybridized carbons (Fsp3) is 0.417. The maximum atomic E-state index is 11.7. The number of hydrazine groups is 1. The lowest BCUT2D eigenvalue weighted by Gasteiger charge is -2.23. The van der Waals surface area contributed by atoms with E-state index in [2.05, 4.69) is 10.9 Å². The summed E-state index contributed by atoms with van der Waals surface area (Å²) in [6.45, 7) is 1.53. The molecule has 1 heterocycles. The molecule has 16 heavy (non-hydrogen) atoms. The summed E-state index contributed by atoms with van der Waals surface area (Å²) in [5.41, 5.74) is 6.43. The summed E-state index contributed by atoms with van der Waals surface area (Å²) in [7, 11) is 0. The van der Waals surface area contributed by atoms with Crippen LogP contribution in [0.25, 0.3) is 0 Å². The average Bonchev–Trinajstić information content (AvgIpc) is 2.38. The zero-order valence-corrected chi connectivity index (χ0v) is 9.11. The first-order valence-corrected chi connectivity index (χ1v) is 5.55. The molecule has 1 aliphatic rings. The second-order valence-electron chi connectivity index (χ2n) is 3.85. The van der Waals surface area contributed by atoms with E-state index in [1.807, 2.05) is 18.2 Å². The van der Waals surface area contributed by atoms with Crippen LogP contribution in [0.15, 0.2) is 30.3 Å². The fourth-order valence-electron chi connectivity index (χ4n) is 1.67. The zero-order valence-electron chi connectivity index (χ0n) is 9.11. The lowest BCUT2D eigenvalue weighted by Crippen LogP contribution is -2.46. The monoisotopic (exact) mass is 220 g/mol. The van der Waals surface area contributed by atoms with Gasteiger partial charge in [0.05, 0.1) is 0 Å². The predicted octanol–water partition coefficient (Wildman–Crippen LogP) is 1.10. The van der Waals surface area contributed by atoms with Crippen LogP contribution in [0.5, 0.6) is 0 Å². The molecule has 0 atom stereocenters. The first-order chi connectivity index (χ1) is 7.86. The summed E-state index contributed by atoms with van der Waals surface area (Å²) >= 11 is 0. The van der Waals surface area contributed by atoms with Crippen LogP contribution in [-0.4, -0.2) is 25.2 Å². The molecule has 0 unspecified atom stereocenters. The quantitative estimate of drug-likeness (QED) is 0.750. The van der Waals surface area contributed by atoms with Gasteiger partial charge in [-0.1, -0.05) is 18.2 Å². The number of carbonyl (C=O) groups is 1. The molecular weight excluding hydrogens is 204 g/mol. The van der Waals surface area contributed by atoms with Crippen molar-refractivity contribution in [1.29, 1.82) is 0 Å². The third kappa shape index (κ3) is 3.05. The van der Waals surface area contributed by atoms with E-state index in [9.17, 15) is 4.79 Å². The van der Waals surface area contributed by atoms with E-state index in [-0.39, 0.29) is 5.91 Å². The molecule has 0 saturated carbocycles. The molecule has 1 amide bonds. The molecule has 1 aromatic rings. The van der Waals surface area contributed by atoms with Crippen molar-refractivity contribution in [3.63, 3.8) is 0 Å². The van der Waals surface area contributed by atoms with E-state index in [4.69, 9.17) is 4.74 Å². The molecule has 0 spiro atoms. The Hall–Kier alpha value is -1.39. The average molecular weight is 220 g/mol. The van der Waals surface area contributed by atoms with Gasteiger partial charge in [0.15, 0.2) is 0 Å². The summed E-state index contributed by atoms with van der Waals surface area (Å²) in [6.07, 6.45) is 1.88. The molecule has 1 fully saturated rings. The molecule has 1 saturated heterocycles. The van der Waals surface area contributed by atoms with Crippen molar-refractivity contribution in [3.05, 3.63) is 35.9 Å². The molecule has 4 nitrogen and oxygen atoms in total. The summed E-state index contributed by atoms with van der Waals surface area (Å²) in [5.74, 6) is -0.0907. The van der Waals surface area contributed by atoms with Crippen molar-refractivity contribution in [3.8, 4) is 0 Å². The third-order valence-corrected chi connectivity index (χ3v) is 2.65. The van der Waals surface area contributed by atoms with Crippen LogP contribution in [0.4, 0.5) is 0 Å². The van der Waals surface area contributed by atoms with Crippen LogP contribution < -0.4 is 10.9 Å². The smallest absolute Gasteiger partial charge is 0.265 e. The molecule has 4 heteroatoms. The molecule has 1 aromatic carbocycles. The van der Waals surface area contributed by atoms with Gasteiger partial charge >= 0.3 is 0 Å². The molecule has 1 aliphatic heterocycles. The van der Waals surface area contributed by atoms with Crippen LogP contribution in [0, 0.1) is 0 Å². The van der Waals surface area contributed by atoms with Crippen molar-refractivity contribution in [2.75, 3.05) is 13.2 Å². The van der Waals surface area contributed by atoms with Gasteiger partial charge in [0.25, 0.3) is 5.91 Å². The molecule has 2 N–H and O–H groups in total. The fourth-order valence-corrected chi connectivity index (χ4v) is 1.67. The summed E-state index contributed by atoms with van der Waals surface area (Å²) < 4.78 is 5.24. The zero-order chi connectivity index (χ0) is 11.2. The Balaban J connectivity index is 1.79. The van der Waals surface area contributed by atoms with Crippen LogP contribution >= 0.6 is 0 Å². The SMILES string of the molecule is O=C(NNC1CCOCC1)c1ccccc1. The van der Waals surface area contributed by atoms with Gasteiger partial charge in [0.1, 0.15) is 0 Å². The molecule has 2 rings (SSSR count). The maximum Gasteiger partial charge on any atom is 0.265 e. The minimum absolute atomic E-state index is 0.0907. The Morgan fingerprint density at radius 3 is 2.56 bits per heavy atom. The predicted molar refractivity (Wildman–Crippen MR) is 60.9 cm³/mol. The topological polar surface area (TPSA) is 50.4 Å². The standard InChI is InChI=1S/C12H16N2O2/c15-12(10-4-2-1-3-5-10)14-13-11-6-8-16-9-7-11/h1-5,11,13H,6-9H2,(H,14,15). The lowest BCUT2D eigenvalue weighted by molar-refractivity contribution is 0.0695. The molecule has 0 radical (unpaired) electrons. The third-order valence-electron chi connectivity index (χ3n) is 2.65. The van der Waals surface area contributed by atoms with Gasteiger partial charge in [0.2, 0.25) is 0 Å². The Morgan fingerprint density at radius 2 is 1.88 bits per heavy atom. The number of ether oxygens (including phenoxy) is 1. The first-order valence-electron chi connectivity index (χ1n) is 5.55. The van der Waals surface area contributed by atoms with Crippen molar-refractivity contribution in [1.82, 2.24) is 10.9 Å². The Kier molecular flexibility index (Phi) is 3.91. The van der Waals surface area contributed by atoms with Gasteiger partial charge < -0.3 is 4.74 Å². The van der Waals surface area contributed by atoms with Gasteiger partial charge in [0, 0.05) is 24.8 Å². The number of amides is 1. The Bertz CT molecular complexity index is 334. The van der Waals surface area contributed by atoms with Crippen molar-refractivity contribution in [2.45, 2.75) is 18.9 Å². The van der Waals surface area contributed by atoms with Crippen molar-refractivity contribution < 1.29 is 9.53 Å². The largest absolute Gasteiger partial charge is 0.381 e. The highest BCUT2D eigenvalue weighted by molar-refractivity contribution is 5.93. The molecule has 0 aromatic heterocycles. The molecule has 0 bridgehead atoms. The minimum Gasteiger partial charge on any atom is -0.381 e. The lowest BCUT2D eigenvalue weighted by atomic mass is 10.1. The van der Waals surface area contributed by atoms with Gasteiger partial charge in [-0.3, -0.25) is 10.2 Å². The number of carbonyl (C=O) groups excluding carboxylic acids is 1. The normalized spacial score (nSPS) is 17.0. The number of benzene rings is 1. The van der Waals surface area contributed by atoms with E-state index < -0.39 is 0 Å². The highest BCUT2D eigenvalue weighted by Crippen LogP contribution is 2.05. The number of nitrogens with one attached hydrogen (secondary N) is 2. The van der Waals surface area contributed by atoms with Gasteiger partial charge in [-0.05, 0) is 25.0 Å². The van der Waals surface area contributed by atoms with E-state index in [0.29, 0.717) is 11.6 Å². The van der Waals surface area contributed by atoms with Gasteiger partial charge in [-0.15, -0.1) is 0 Å². The first kappa shape index (κ1) is 11.1. The van der Waals surface area contributed by atoms with E-state index >= 15 is 0 Å². The van der Waals surface area contributed by atoms with Crippen LogP contribution in [0.3, 0.4) is 0 Å². The van der Waals surface area contributed by atoms with Crippen LogP contribution in [0.2, 0.25) is 0 Å². The van der Waals surface area contributed by atoms with Gasteiger partial charge in [-0.25, -0.2) is 5.43 Å².